The number of anilines is 2. The molecule has 90 valence electrons. The van der Waals surface area contributed by atoms with Gasteiger partial charge in [-0.1, -0.05) is 18.5 Å². The van der Waals surface area contributed by atoms with Crippen LogP contribution in [0.25, 0.3) is 0 Å². The van der Waals surface area contributed by atoms with Gasteiger partial charge < -0.3 is 10.2 Å². The Kier molecular flexibility index (Phi) is 2.51. The second-order valence-corrected chi connectivity index (χ2v) is 5.34. The number of fused-ring (bicyclic) bond motifs is 3. The van der Waals surface area contributed by atoms with E-state index in [1.165, 1.54) is 0 Å². The van der Waals surface area contributed by atoms with Crippen LogP contribution in [0.3, 0.4) is 0 Å². The van der Waals surface area contributed by atoms with Crippen molar-refractivity contribution >= 4 is 28.9 Å². The number of rotatable bonds is 0. The van der Waals surface area contributed by atoms with E-state index in [1.54, 1.807) is 0 Å². The van der Waals surface area contributed by atoms with Gasteiger partial charge in [-0.2, -0.15) is 0 Å². The van der Waals surface area contributed by atoms with Crippen molar-refractivity contribution < 1.29 is 4.79 Å². The maximum Gasteiger partial charge on any atom is 0.247 e. The number of carbonyl (C=O) groups excluding carboxylic acids is 1. The highest BCUT2D eigenvalue weighted by Crippen LogP contribution is 2.39. The molecule has 17 heavy (non-hydrogen) atoms. The summed E-state index contributed by atoms with van der Waals surface area (Å²) < 4.78 is 0. The predicted molar refractivity (Wildman–Crippen MR) is 69.6 cm³/mol. The Balaban J connectivity index is 2.08. The zero-order valence-electron chi connectivity index (χ0n) is 9.74. The number of carbonyl (C=O) groups is 1. The summed E-state index contributed by atoms with van der Waals surface area (Å²) in [5.74, 6) is 0.517. The van der Waals surface area contributed by atoms with Crippen LogP contribution in [0.4, 0.5) is 11.4 Å². The van der Waals surface area contributed by atoms with E-state index < -0.39 is 0 Å². The minimum Gasteiger partial charge on any atom is -0.358 e. The van der Waals surface area contributed by atoms with Crippen molar-refractivity contribution in [1.29, 1.82) is 0 Å². The van der Waals surface area contributed by atoms with Crippen LogP contribution in [0.2, 0.25) is 5.02 Å². The molecule has 2 aliphatic heterocycles. The SMILES string of the molecule is CC1CCCN2c3cc(Cl)ccc3NC(=O)C12. The van der Waals surface area contributed by atoms with Gasteiger partial charge in [-0.05, 0) is 37.0 Å². The Bertz CT molecular complexity index is 474. The average molecular weight is 251 g/mol. The normalized spacial score (nSPS) is 27.2. The summed E-state index contributed by atoms with van der Waals surface area (Å²) in [6, 6.07) is 5.61. The molecule has 0 bridgehead atoms. The Morgan fingerprint density at radius 2 is 2.29 bits per heavy atom. The molecule has 3 nitrogen and oxygen atoms in total. The van der Waals surface area contributed by atoms with Crippen molar-refractivity contribution in [2.75, 3.05) is 16.8 Å². The fourth-order valence-electron chi connectivity index (χ4n) is 2.91. The Hall–Kier alpha value is -1.22. The maximum atomic E-state index is 12.1. The Morgan fingerprint density at radius 1 is 1.47 bits per heavy atom. The summed E-state index contributed by atoms with van der Waals surface area (Å²) in [5, 5.41) is 3.70. The number of piperidine rings is 1. The molecule has 1 aromatic rings. The van der Waals surface area contributed by atoms with Crippen molar-refractivity contribution in [3.8, 4) is 0 Å². The summed E-state index contributed by atoms with van der Waals surface area (Å²) in [6.45, 7) is 3.09. The van der Waals surface area contributed by atoms with Crippen LogP contribution in [0.1, 0.15) is 19.8 Å². The van der Waals surface area contributed by atoms with E-state index in [9.17, 15) is 4.79 Å². The van der Waals surface area contributed by atoms with Gasteiger partial charge in [0, 0.05) is 11.6 Å². The zero-order chi connectivity index (χ0) is 12.0. The summed E-state index contributed by atoms with van der Waals surface area (Å²) >= 11 is 6.04. The van der Waals surface area contributed by atoms with Gasteiger partial charge in [0.1, 0.15) is 6.04 Å². The number of amides is 1. The van der Waals surface area contributed by atoms with Gasteiger partial charge >= 0.3 is 0 Å². The molecule has 0 saturated carbocycles. The van der Waals surface area contributed by atoms with Crippen molar-refractivity contribution in [2.45, 2.75) is 25.8 Å². The molecule has 0 aromatic heterocycles. The molecule has 0 aliphatic carbocycles. The van der Waals surface area contributed by atoms with Crippen molar-refractivity contribution in [3.63, 3.8) is 0 Å². The second kappa shape index (κ2) is 3.91. The second-order valence-electron chi connectivity index (χ2n) is 4.91. The average Bonchev–Trinajstić information content (AvgIpc) is 2.30. The number of nitrogens with one attached hydrogen (secondary N) is 1. The Morgan fingerprint density at radius 3 is 3.12 bits per heavy atom. The first-order chi connectivity index (χ1) is 8.16. The lowest BCUT2D eigenvalue weighted by molar-refractivity contribution is -0.119. The lowest BCUT2D eigenvalue weighted by atomic mass is 9.88. The molecule has 4 heteroatoms. The quantitative estimate of drug-likeness (QED) is 0.768. The number of nitrogens with zero attached hydrogens (tertiary/aromatic N) is 1. The van der Waals surface area contributed by atoms with Crippen LogP contribution in [-0.2, 0) is 4.79 Å². The number of halogens is 1. The molecule has 2 atom stereocenters. The lowest BCUT2D eigenvalue weighted by Crippen LogP contribution is -2.54. The molecule has 3 rings (SSSR count). The van der Waals surface area contributed by atoms with Gasteiger partial charge in [0.05, 0.1) is 11.4 Å². The molecule has 1 saturated heterocycles. The molecule has 1 amide bonds. The molecule has 0 spiro atoms. The number of hydrogen-bond donors (Lipinski definition) is 1. The smallest absolute Gasteiger partial charge is 0.247 e. The van der Waals surface area contributed by atoms with Crippen LogP contribution < -0.4 is 10.2 Å². The largest absolute Gasteiger partial charge is 0.358 e. The van der Waals surface area contributed by atoms with Crippen molar-refractivity contribution in [2.24, 2.45) is 5.92 Å². The summed E-state index contributed by atoms with van der Waals surface area (Å²) in [4.78, 5) is 14.3. The van der Waals surface area contributed by atoms with Crippen LogP contribution >= 0.6 is 11.6 Å². The number of hydrogen-bond acceptors (Lipinski definition) is 2. The topological polar surface area (TPSA) is 32.3 Å². The van der Waals surface area contributed by atoms with E-state index in [1.807, 2.05) is 18.2 Å². The highest BCUT2D eigenvalue weighted by atomic mass is 35.5. The fraction of sp³-hybridized carbons (Fsp3) is 0.462. The van der Waals surface area contributed by atoms with Crippen molar-refractivity contribution in [3.05, 3.63) is 23.2 Å². The van der Waals surface area contributed by atoms with Crippen molar-refractivity contribution in [1.82, 2.24) is 0 Å². The van der Waals surface area contributed by atoms with Gasteiger partial charge in [-0.15, -0.1) is 0 Å². The first kappa shape index (κ1) is 10.9. The molecule has 1 aromatic carbocycles. The fourth-order valence-corrected chi connectivity index (χ4v) is 3.08. The van der Waals surface area contributed by atoms with E-state index in [2.05, 4.69) is 17.1 Å². The molecular formula is C13H15ClN2O. The van der Waals surface area contributed by atoms with Gasteiger partial charge in [-0.25, -0.2) is 0 Å². The van der Waals surface area contributed by atoms with E-state index >= 15 is 0 Å². The third kappa shape index (κ3) is 1.69. The molecule has 1 N–H and O–H groups in total. The summed E-state index contributed by atoms with van der Waals surface area (Å²) in [7, 11) is 0. The molecule has 1 fully saturated rings. The van der Waals surface area contributed by atoms with E-state index in [0.29, 0.717) is 5.92 Å². The van der Waals surface area contributed by atoms with Crippen LogP contribution in [-0.4, -0.2) is 18.5 Å². The highest BCUT2D eigenvalue weighted by Gasteiger charge is 2.38. The molecule has 2 unspecified atom stereocenters. The molecule has 0 radical (unpaired) electrons. The summed E-state index contributed by atoms with van der Waals surface area (Å²) in [5.41, 5.74) is 1.94. The van der Waals surface area contributed by atoms with Crippen LogP contribution in [0.15, 0.2) is 18.2 Å². The van der Waals surface area contributed by atoms with Gasteiger partial charge in [-0.3, -0.25) is 4.79 Å². The van der Waals surface area contributed by atoms with Crippen LogP contribution in [0.5, 0.6) is 0 Å². The highest BCUT2D eigenvalue weighted by molar-refractivity contribution is 6.31. The third-order valence-electron chi connectivity index (χ3n) is 3.73. The minimum atomic E-state index is -0.0327. The van der Waals surface area contributed by atoms with Gasteiger partial charge in [0.15, 0.2) is 0 Å². The third-order valence-corrected chi connectivity index (χ3v) is 3.96. The van der Waals surface area contributed by atoms with E-state index in [4.69, 9.17) is 11.6 Å². The van der Waals surface area contributed by atoms with Gasteiger partial charge in [0.25, 0.3) is 0 Å². The number of benzene rings is 1. The van der Waals surface area contributed by atoms with E-state index in [-0.39, 0.29) is 11.9 Å². The van der Waals surface area contributed by atoms with Crippen LogP contribution in [0, 0.1) is 5.92 Å². The zero-order valence-corrected chi connectivity index (χ0v) is 10.5. The molecule has 2 aliphatic rings. The first-order valence-corrected chi connectivity index (χ1v) is 6.41. The Labute approximate surface area is 106 Å². The predicted octanol–water partition coefficient (Wildman–Crippen LogP) is 2.90. The molecular weight excluding hydrogens is 236 g/mol. The maximum absolute atomic E-state index is 12.1. The van der Waals surface area contributed by atoms with Gasteiger partial charge in [0.2, 0.25) is 5.91 Å². The minimum absolute atomic E-state index is 0.0327. The standard InChI is InChI=1S/C13H15ClN2O/c1-8-3-2-6-16-11-7-9(14)4-5-10(11)15-13(17)12(8)16/h4-5,7-8,12H,2-3,6H2,1H3,(H,15,17). The van der Waals surface area contributed by atoms with E-state index in [0.717, 1.165) is 35.8 Å². The molecule has 2 heterocycles. The lowest BCUT2D eigenvalue weighted by Gasteiger charge is -2.44. The monoisotopic (exact) mass is 250 g/mol. The summed E-state index contributed by atoms with van der Waals surface area (Å²) in [6.07, 6.45) is 2.25. The first-order valence-electron chi connectivity index (χ1n) is 6.04.